The van der Waals surface area contributed by atoms with Gasteiger partial charge in [-0.1, -0.05) is 15.9 Å². The molecule has 0 aromatic carbocycles. The fourth-order valence-corrected chi connectivity index (χ4v) is 0.858. The van der Waals surface area contributed by atoms with Gasteiger partial charge in [0.25, 0.3) is 0 Å². The van der Waals surface area contributed by atoms with Crippen molar-refractivity contribution in [2.24, 2.45) is 0 Å². The summed E-state index contributed by atoms with van der Waals surface area (Å²) >= 11 is 3.05. The molecule has 1 saturated heterocycles. The molecule has 0 N–H and O–H groups in total. The molecule has 0 amide bonds. The van der Waals surface area contributed by atoms with Crippen molar-refractivity contribution >= 4 is 22.1 Å². The van der Waals surface area contributed by atoms with E-state index in [2.05, 4.69) is 25.4 Å². The minimum absolute atomic E-state index is 0.211. The maximum Gasteiger partial charge on any atom is 0.509 e. The first-order chi connectivity index (χ1) is 4.33. The number of ether oxygens (including phenoxy) is 2. The molecule has 1 atom stereocenters. The van der Waals surface area contributed by atoms with E-state index >= 15 is 0 Å². The maximum absolute atomic E-state index is 10.2. The first kappa shape index (κ1) is 6.61. The molecule has 1 rings (SSSR count). The zero-order valence-corrected chi connectivity index (χ0v) is 6.13. The molecule has 1 aliphatic heterocycles. The van der Waals surface area contributed by atoms with Crippen LogP contribution in [0.4, 0.5) is 4.79 Å². The van der Waals surface area contributed by atoms with Gasteiger partial charge < -0.3 is 9.47 Å². The Hall–Kier alpha value is -0.510. The zero-order chi connectivity index (χ0) is 6.69. The lowest BCUT2D eigenvalue weighted by molar-refractivity contribution is 0.125. The highest BCUT2D eigenvalue weighted by Gasteiger charge is 2.21. The summed E-state index contributed by atoms with van der Waals surface area (Å²) in [6.45, 7) is 0.320. The Morgan fingerprint density at radius 3 is 3.00 bits per heavy atom. The van der Waals surface area contributed by atoms with Crippen molar-refractivity contribution in [1.29, 1.82) is 0 Å². The molecule has 0 saturated carbocycles. The summed E-state index contributed by atoms with van der Waals surface area (Å²) in [6.07, 6.45) is 0.896. The van der Waals surface area contributed by atoms with Crippen LogP contribution in [0.25, 0.3) is 0 Å². The predicted octanol–water partition coefficient (Wildman–Crippen LogP) is 1.43. The number of carbonyl (C=O) groups excluding carboxylic acids is 1. The molecule has 0 aromatic rings. The van der Waals surface area contributed by atoms with Crippen LogP contribution >= 0.6 is 15.9 Å². The summed E-state index contributed by atoms with van der Waals surface area (Å²) in [5, 5.41) is 0. The van der Waals surface area contributed by atoms with Crippen LogP contribution in [0.3, 0.4) is 0 Å². The summed E-state index contributed by atoms with van der Waals surface area (Å²) in [5.41, 5.74) is 0. The van der Waals surface area contributed by atoms with Crippen LogP contribution in [-0.2, 0) is 9.47 Å². The van der Waals surface area contributed by atoms with E-state index in [9.17, 15) is 4.79 Å². The van der Waals surface area contributed by atoms with Crippen LogP contribution in [0.2, 0.25) is 0 Å². The van der Waals surface area contributed by atoms with Crippen LogP contribution in [0.5, 0.6) is 0 Å². The molecule has 1 unspecified atom stereocenters. The molecular weight excluding hydrogens is 188 g/mol. The highest BCUT2D eigenvalue weighted by molar-refractivity contribution is 9.11. The Kier molecular flexibility index (Phi) is 2.10. The van der Waals surface area contributed by atoms with Gasteiger partial charge in [0.15, 0.2) is 6.10 Å². The van der Waals surface area contributed by atoms with Crippen molar-refractivity contribution in [3.63, 3.8) is 0 Å². The van der Waals surface area contributed by atoms with Crippen LogP contribution < -0.4 is 0 Å². The molecule has 9 heavy (non-hydrogen) atoms. The third kappa shape index (κ3) is 1.71. The smallest absolute Gasteiger partial charge is 0.430 e. The minimum Gasteiger partial charge on any atom is -0.430 e. The van der Waals surface area contributed by atoms with Crippen molar-refractivity contribution in [2.45, 2.75) is 6.10 Å². The van der Waals surface area contributed by atoms with E-state index in [4.69, 9.17) is 0 Å². The summed E-state index contributed by atoms with van der Waals surface area (Å²) in [4.78, 5) is 11.9. The van der Waals surface area contributed by atoms with Crippen LogP contribution in [-0.4, -0.2) is 18.9 Å². The molecule has 1 aliphatic rings. The van der Waals surface area contributed by atoms with Crippen molar-refractivity contribution in [1.82, 2.24) is 0 Å². The SMILES string of the molecule is O=C1OCC(/C=C/Br)O1. The molecular formula is C5H5BrO3. The van der Waals surface area contributed by atoms with Gasteiger partial charge in [-0.05, 0) is 11.1 Å². The molecule has 0 radical (unpaired) electrons. The minimum atomic E-state index is -0.592. The topological polar surface area (TPSA) is 35.5 Å². The number of hydrogen-bond acceptors (Lipinski definition) is 3. The van der Waals surface area contributed by atoms with Gasteiger partial charge >= 0.3 is 6.16 Å². The molecule has 0 aromatic heterocycles. The van der Waals surface area contributed by atoms with Crippen LogP contribution in [0.15, 0.2) is 11.1 Å². The molecule has 1 fully saturated rings. The largest absolute Gasteiger partial charge is 0.509 e. The second-order valence-electron chi connectivity index (χ2n) is 1.54. The first-order valence-corrected chi connectivity index (χ1v) is 3.35. The zero-order valence-electron chi connectivity index (χ0n) is 4.54. The standard InChI is InChI=1S/C5H5BrO3/c6-2-1-4-3-8-5(7)9-4/h1-2,4H,3H2/b2-1+. The number of halogens is 1. The summed E-state index contributed by atoms with van der Waals surface area (Å²) in [5.74, 6) is 0. The first-order valence-electron chi connectivity index (χ1n) is 2.43. The summed E-state index contributed by atoms with van der Waals surface area (Å²) < 4.78 is 9.11. The number of rotatable bonds is 1. The Bertz CT molecular complexity index is 143. The lowest BCUT2D eigenvalue weighted by atomic mass is 10.4. The second-order valence-corrected chi connectivity index (χ2v) is 2.06. The van der Waals surface area contributed by atoms with Crippen molar-refractivity contribution in [2.75, 3.05) is 6.61 Å². The predicted molar refractivity (Wildman–Crippen MR) is 34.3 cm³/mol. The normalized spacial score (nSPS) is 26.3. The number of hydrogen-bond donors (Lipinski definition) is 0. The van der Waals surface area contributed by atoms with E-state index in [1.165, 1.54) is 0 Å². The van der Waals surface area contributed by atoms with E-state index in [1.807, 2.05) is 0 Å². The average molecular weight is 193 g/mol. The maximum atomic E-state index is 10.2. The van der Waals surface area contributed by atoms with E-state index in [-0.39, 0.29) is 6.10 Å². The summed E-state index contributed by atoms with van der Waals surface area (Å²) in [6, 6.07) is 0. The molecule has 0 bridgehead atoms. The molecule has 50 valence electrons. The number of carbonyl (C=O) groups is 1. The van der Waals surface area contributed by atoms with Gasteiger partial charge in [-0.3, -0.25) is 0 Å². The van der Waals surface area contributed by atoms with Crippen molar-refractivity contribution in [3.8, 4) is 0 Å². The van der Waals surface area contributed by atoms with Crippen LogP contribution in [0, 0.1) is 0 Å². The van der Waals surface area contributed by atoms with Gasteiger partial charge in [-0.2, -0.15) is 0 Å². The van der Waals surface area contributed by atoms with E-state index in [0.29, 0.717) is 6.61 Å². The Labute approximate surface area is 60.8 Å². The number of cyclic esters (lactones) is 2. The van der Waals surface area contributed by atoms with Gasteiger partial charge in [-0.15, -0.1) is 0 Å². The highest BCUT2D eigenvalue weighted by atomic mass is 79.9. The van der Waals surface area contributed by atoms with Gasteiger partial charge in [-0.25, -0.2) is 4.79 Å². The molecule has 3 nitrogen and oxygen atoms in total. The molecule has 0 aliphatic carbocycles. The average Bonchev–Trinajstić information content (AvgIpc) is 2.17. The van der Waals surface area contributed by atoms with Gasteiger partial charge in [0.1, 0.15) is 6.61 Å². The van der Waals surface area contributed by atoms with E-state index < -0.39 is 6.16 Å². The fraction of sp³-hybridized carbons (Fsp3) is 0.400. The van der Waals surface area contributed by atoms with Crippen molar-refractivity contribution < 1.29 is 14.3 Å². The second kappa shape index (κ2) is 2.87. The molecule has 1 heterocycles. The third-order valence-electron chi connectivity index (χ3n) is 0.900. The van der Waals surface area contributed by atoms with E-state index in [0.717, 1.165) is 0 Å². The monoisotopic (exact) mass is 192 g/mol. The van der Waals surface area contributed by atoms with E-state index in [1.54, 1.807) is 11.1 Å². The molecule has 0 spiro atoms. The third-order valence-corrected chi connectivity index (χ3v) is 1.21. The lowest BCUT2D eigenvalue weighted by Gasteiger charge is -1.93. The Balaban J connectivity index is 2.39. The van der Waals surface area contributed by atoms with Gasteiger partial charge in [0.05, 0.1) is 0 Å². The van der Waals surface area contributed by atoms with Gasteiger partial charge in [0.2, 0.25) is 0 Å². The Morgan fingerprint density at radius 1 is 1.78 bits per heavy atom. The molecule has 4 heteroatoms. The quantitative estimate of drug-likeness (QED) is 0.591. The highest BCUT2D eigenvalue weighted by Crippen LogP contribution is 2.07. The van der Waals surface area contributed by atoms with Crippen molar-refractivity contribution in [3.05, 3.63) is 11.1 Å². The lowest BCUT2D eigenvalue weighted by Crippen LogP contribution is -2.03. The summed E-state index contributed by atoms with van der Waals surface area (Å²) in [7, 11) is 0. The fourth-order valence-electron chi connectivity index (χ4n) is 0.518. The van der Waals surface area contributed by atoms with Crippen LogP contribution in [0.1, 0.15) is 0 Å². The van der Waals surface area contributed by atoms with Gasteiger partial charge in [0, 0.05) is 0 Å². The Morgan fingerprint density at radius 2 is 2.56 bits per heavy atom.